The zero-order valence-electron chi connectivity index (χ0n) is 16.7. The second kappa shape index (κ2) is 7.72. The minimum atomic E-state index is -0.440. The number of thiocarbonyl (C=S) groups is 1. The van der Waals surface area contributed by atoms with Gasteiger partial charge in [0.2, 0.25) is 0 Å². The Morgan fingerprint density at radius 3 is 2.36 bits per heavy atom. The van der Waals surface area contributed by atoms with Crippen LogP contribution in [0, 0.1) is 19.7 Å². The highest BCUT2D eigenvalue weighted by Gasteiger charge is 2.35. The van der Waals surface area contributed by atoms with Crippen LogP contribution < -0.4 is 10.2 Å². The van der Waals surface area contributed by atoms with E-state index in [0.717, 1.165) is 28.1 Å². The fourth-order valence-electron chi connectivity index (χ4n) is 3.42. The van der Waals surface area contributed by atoms with Crippen LogP contribution in [0.4, 0.5) is 10.1 Å². The molecule has 6 heteroatoms. The molecule has 146 valence electrons. The molecule has 4 nitrogen and oxygen atoms in total. The van der Waals surface area contributed by atoms with Crippen LogP contribution in [-0.4, -0.2) is 30.0 Å². The SMILES string of the molecule is CC1=C(C(=O)N(C)C)C(c2ccc(F)cc2)NC(=S)N1c1cc(C)ccc1C. The van der Waals surface area contributed by atoms with Crippen LogP contribution in [-0.2, 0) is 4.79 Å². The van der Waals surface area contributed by atoms with Crippen LogP contribution in [0.25, 0.3) is 0 Å². The number of carbonyl (C=O) groups excluding carboxylic acids is 1. The molecule has 0 spiro atoms. The molecule has 0 saturated heterocycles. The van der Waals surface area contributed by atoms with Crippen molar-refractivity contribution in [3.63, 3.8) is 0 Å². The molecule has 0 aliphatic carbocycles. The quantitative estimate of drug-likeness (QED) is 0.786. The predicted octanol–water partition coefficient (Wildman–Crippen LogP) is 4.24. The van der Waals surface area contributed by atoms with Crippen molar-refractivity contribution in [2.45, 2.75) is 26.8 Å². The molecule has 28 heavy (non-hydrogen) atoms. The molecule has 0 aromatic heterocycles. The number of rotatable bonds is 3. The van der Waals surface area contributed by atoms with E-state index in [-0.39, 0.29) is 11.7 Å². The van der Waals surface area contributed by atoms with E-state index in [2.05, 4.69) is 11.4 Å². The lowest BCUT2D eigenvalue weighted by Gasteiger charge is -2.39. The maximum Gasteiger partial charge on any atom is 0.253 e. The highest BCUT2D eigenvalue weighted by molar-refractivity contribution is 7.80. The lowest BCUT2D eigenvalue weighted by molar-refractivity contribution is -0.125. The largest absolute Gasteiger partial charge is 0.351 e. The van der Waals surface area contributed by atoms with Crippen molar-refractivity contribution in [1.29, 1.82) is 0 Å². The number of amides is 1. The van der Waals surface area contributed by atoms with E-state index in [9.17, 15) is 9.18 Å². The number of nitrogens with one attached hydrogen (secondary N) is 1. The van der Waals surface area contributed by atoms with Gasteiger partial charge >= 0.3 is 0 Å². The average molecular weight is 398 g/mol. The number of benzene rings is 2. The Bertz CT molecular complexity index is 966. The fraction of sp³-hybridized carbons (Fsp3) is 0.273. The van der Waals surface area contributed by atoms with E-state index in [1.165, 1.54) is 12.1 Å². The van der Waals surface area contributed by atoms with Gasteiger partial charge in [0.05, 0.1) is 17.3 Å². The number of allylic oxidation sites excluding steroid dienone is 1. The zero-order chi connectivity index (χ0) is 20.6. The molecule has 2 aromatic rings. The monoisotopic (exact) mass is 397 g/mol. The number of nitrogens with zero attached hydrogens (tertiary/aromatic N) is 2. The highest BCUT2D eigenvalue weighted by atomic mass is 32.1. The molecule has 1 atom stereocenters. The maximum absolute atomic E-state index is 13.4. The van der Waals surface area contributed by atoms with E-state index in [4.69, 9.17) is 12.2 Å². The molecular weight excluding hydrogens is 373 g/mol. The summed E-state index contributed by atoms with van der Waals surface area (Å²) in [5, 5.41) is 3.80. The number of anilines is 1. The number of hydrogen-bond donors (Lipinski definition) is 1. The summed E-state index contributed by atoms with van der Waals surface area (Å²) in [4.78, 5) is 16.5. The summed E-state index contributed by atoms with van der Waals surface area (Å²) in [5.41, 5.74) is 5.26. The Labute approximate surface area is 170 Å². The lowest BCUT2D eigenvalue weighted by atomic mass is 9.93. The average Bonchev–Trinajstić information content (AvgIpc) is 2.64. The first-order chi connectivity index (χ1) is 13.2. The summed E-state index contributed by atoms with van der Waals surface area (Å²) < 4.78 is 13.4. The third-order valence-electron chi connectivity index (χ3n) is 4.93. The lowest BCUT2D eigenvalue weighted by Crippen LogP contribution is -2.49. The summed E-state index contributed by atoms with van der Waals surface area (Å²) in [7, 11) is 3.44. The van der Waals surface area contributed by atoms with Crippen molar-refractivity contribution >= 4 is 28.9 Å². The molecule has 1 heterocycles. The van der Waals surface area contributed by atoms with Gasteiger partial charge in [0, 0.05) is 19.8 Å². The number of carbonyl (C=O) groups is 1. The number of hydrogen-bond acceptors (Lipinski definition) is 2. The normalized spacial score (nSPS) is 16.9. The molecule has 2 aromatic carbocycles. The van der Waals surface area contributed by atoms with Gasteiger partial charge in [0.15, 0.2) is 5.11 Å². The first kappa shape index (κ1) is 20.0. The minimum absolute atomic E-state index is 0.114. The first-order valence-corrected chi connectivity index (χ1v) is 9.47. The molecule has 1 amide bonds. The van der Waals surface area contributed by atoms with Crippen molar-refractivity contribution in [3.05, 3.63) is 76.2 Å². The maximum atomic E-state index is 13.4. The number of halogens is 1. The highest BCUT2D eigenvalue weighted by Crippen LogP contribution is 2.35. The predicted molar refractivity (Wildman–Crippen MR) is 115 cm³/mol. The van der Waals surface area contributed by atoms with Crippen LogP contribution in [0.15, 0.2) is 53.7 Å². The summed E-state index contributed by atoms with van der Waals surface area (Å²) in [6.45, 7) is 5.95. The first-order valence-electron chi connectivity index (χ1n) is 9.06. The molecule has 0 saturated carbocycles. The number of aryl methyl sites for hydroxylation is 2. The van der Waals surface area contributed by atoms with Gasteiger partial charge < -0.3 is 10.2 Å². The van der Waals surface area contributed by atoms with Crippen LogP contribution in [0.3, 0.4) is 0 Å². The van der Waals surface area contributed by atoms with Crippen molar-refractivity contribution in [1.82, 2.24) is 10.2 Å². The van der Waals surface area contributed by atoms with E-state index in [1.54, 1.807) is 31.1 Å². The molecule has 3 rings (SSSR count). The molecule has 1 aliphatic rings. The topological polar surface area (TPSA) is 35.6 Å². The Hall–Kier alpha value is -2.73. The van der Waals surface area contributed by atoms with Crippen LogP contribution >= 0.6 is 12.2 Å². The van der Waals surface area contributed by atoms with Crippen LogP contribution in [0.5, 0.6) is 0 Å². The zero-order valence-corrected chi connectivity index (χ0v) is 17.5. The molecule has 0 bridgehead atoms. The Balaban J connectivity index is 2.19. The van der Waals surface area contributed by atoms with Crippen molar-refractivity contribution in [3.8, 4) is 0 Å². The van der Waals surface area contributed by atoms with E-state index in [1.807, 2.05) is 37.8 Å². The Morgan fingerprint density at radius 2 is 1.75 bits per heavy atom. The minimum Gasteiger partial charge on any atom is -0.351 e. The second-order valence-corrected chi connectivity index (χ2v) is 7.64. The Morgan fingerprint density at radius 1 is 1.11 bits per heavy atom. The van der Waals surface area contributed by atoms with E-state index >= 15 is 0 Å². The molecule has 0 fully saturated rings. The summed E-state index contributed by atoms with van der Waals surface area (Å²) in [5.74, 6) is -0.433. The molecule has 1 unspecified atom stereocenters. The van der Waals surface area contributed by atoms with Crippen molar-refractivity contribution in [2.75, 3.05) is 19.0 Å². The van der Waals surface area contributed by atoms with Gasteiger partial charge in [-0.25, -0.2) is 4.39 Å². The third-order valence-corrected chi connectivity index (χ3v) is 5.23. The van der Waals surface area contributed by atoms with Gasteiger partial charge in [-0.3, -0.25) is 9.69 Å². The molecule has 1 aliphatic heterocycles. The Kier molecular flexibility index (Phi) is 5.52. The van der Waals surface area contributed by atoms with Crippen molar-refractivity contribution < 1.29 is 9.18 Å². The molecule has 1 N–H and O–H groups in total. The summed E-state index contributed by atoms with van der Waals surface area (Å²) in [6, 6.07) is 11.9. The van der Waals surface area contributed by atoms with Crippen LogP contribution in [0.2, 0.25) is 0 Å². The number of likely N-dealkylation sites (N-methyl/N-ethyl adjacent to an activating group) is 1. The van der Waals surface area contributed by atoms with Gasteiger partial charge in [-0.1, -0.05) is 24.3 Å². The van der Waals surface area contributed by atoms with Crippen LogP contribution in [0.1, 0.15) is 29.7 Å². The second-order valence-electron chi connectivity index (χ2n) is 7.26. The van der Waals surface area contributed by atoms with E-state index < -0.39 is 6.04 Å². The van der Waals surface area contributed by atoms with Crippen molar-refractivity contribution in [2.24, 2.45) is 0 Å². The molecule has 0 radical (unpaired) electrons. The summed E-state index contributed by atoms with van der Waals surface area (Å²) >= 11 is 5.68. The summed E-state index contributed by atoms with van der Waals surface area (Å²) in [6.07, 6.45) is 0. The third kappa shape index (κ3) is 3.64. The van der Waals surface area contributed by atoms with Gasteiger partial charge in [-0.05, 0) is 67.9 Å². The standard InChI is InChI=1S/C22H24FN3OS/c1-13-6-7-14(2)18(12-13)26-15(3)19(21(27)25(4)5)20(24-22(26)28)16-8-10-17(23)11-9-16/h6-12,20H,1-5H3,(H,24,28). The fourth-order valence-corrected chi connectivity index (χ4v) is 3.77. The van der Waals surface area contributed by atoms with E-state index in [0.29, 0.717) is 10.7 Å². The van der Waals surface area contributed by atoms with Gasteiger partial charge in [-0.2, -0.15) is 0 Å². The van der Waals surface area contributed by atoms with Gasteiger partial charge in [0.1, 0.15) is 5.82 Å². The van der Waals surface area contributed by atoms with Gasteiger partial charge in [0.25, 0.3) is 5.91 Å². The smallest absolute Gasteiger partial charge is 0.253 e. The van der Waals surface area contributed by atoms with Gasteiger partial charge in [-0.15, -0.1) is 0 Å². The molecular formula is C22H24FN3OS.